The Morgan fingerprint density at radius 3 is 1.90 bits per heavy atom. The molecule has 0 aliphatic heterocycles. The molecule has 1 unspecified atom stereocenters. The normalized spacial score (nSPS) is 13.5. The van der Waals surface area contributed by atoms with E-state index in [1.54, 1.807) is 0 Å². The van der Waals surface area contributed by atoms with E-state index in [9.17, 15) is 0 Å². The topological polar surface area (TPSA) is 9.23 Å². The van der Waals surface area contributed by atoms with Crippen LogP contribution < -0.4 is 0 Å². The van der Waals surface area contributed by atoms with E-state index in [1.807, 2.05) is 0 Å². The summed E-state index contributed by atoms with van der Waals surface area (Å²) < 4.78 is 5.83. The zero-order valence-corrected chi connectivity index (χ0v) is 11.4. The molecule has 0 aromatic heterocycles. The molecule has 10 heavy (non-hydrogen) atoms. The van der Waals surface area contributed by atoms with Crippen molar-refractivity contribution in [2.45, 2.75) is 37.7 Å². The third-order valence-electron chi connectivity index (χ3n) is 0.926. The Bertz CT molecular complexity index is 87.9. The van der Waals surface area contributed by atoms with Gasteiger partial charge in [0.25, 0.3) is 0 Å². The standard InChI is InChI=1S/C6H15BrOSi.Mg.2H/c1-5(2)8-6(7)9(3)4;;;/h5-6,9H,1-4H3;;;/q;+2;2*-1. The van der Waals surface area contributed by atoms with Crippen molar-refractivity contribution in [2.24, 2.45) is 0 Å². The minimum Gasteiger partial charge on any atom is -1.00 e. The van der Waals surface area contributed by atoms with Gasteiger partial charge in [-0.2, -0.15) is 0 Å². The van der Waals surface area contributed by atoms with Crippen molar-refractivity contribution >= 4 is 47.8 Å². The average Bonchev–Trinajstić information content (AvgIpc) is 1.63. The van der Waals surface area contributed by atoms with E-state index in [1.165, 1.54) is 0 Å². The largest absolute Gasteiger partial charge is 2.00 e. The summed E-state index contributed by atoms with van der Waals surface area (Å²) in [5.74, 6) is 0. The molecule has 0 aliphatic rings. The molecule has 0 saturated carbocycles. The van der Waals surface area contributed by atoms with E-state index in [-0.39, 0.29) is 25.9 Å². The number of hydrogen-bond acceptors (Lipinski definition) is 1. The number of hydrogen-bond donors (Lipinski definition) is 0. The van der Waals surface area contributed by atoms with E-state index >= 15 is 0 Å². The molecule has 0 radical (unpaired) electrons. The van der Waals surface area contributed by atoms with Crippen LogP contribution in [-0.2, 0) is 4.74 Å². The fourth-order valence-electron chi connectivity index (χ4n) is 0.417. The molecular weight excluding hydrogens is 220 g/mol. The molecule has 0 N–H and O–H groups in total. The van der Waals surface area contributed by atoms with E-state index in [2.05, 4.69) is 42.9 Å². The van der Waals surface area contributed by atoms with Gasteiger partial charge in [-0.3, -0.25) is 0 Å². The minimum absolute atomic E-state index is 0. The predicted molar refractivity (Wildman–Crippen MR) is 55.8 cm³/mol. The van der Waals surface area contributed by atoms with Gasteiger partial charge in [0.2, 0.25) is 0 Å². The Hall–Kier alpha value is 1.42. The number of ether oxygens (including phenoxy) is 1. The van der Waals surface area contributed by atoms with E-state index < -0.39 is 8.80 Å². The molecule has 0 aromatic rings. The molecule has 0 rings (SSSR count). The second-order valence-electron chi connectivity index (χ2n) is 2.78. The monoisotopic (exact) mass is 236 g/mol. The van der Waals surface area contributed by atoms with Crippen LogP contribution in [0.15, 0.2) is 0 Å². The van der Waals surface area contributed by atoms with Gasteiger partial charge >= 0.3 is 23.1 Å². The van der Waals surface area contributed by atoms with E-state index in [0.29, 0.717) is 10.7 Å². The maximum absolute atomic E-state index is 5.49. The summed E-state index contributed by atoms with van der Waals surface area (Å²) in [6.45, 7) is 8.65. The first-order chi connectivity index (χ1) is 4.04. The van der Waals surface area contributed by atoms with Crippen LogP contribution in [0.4, 0.5) is 0 Å². The third kappa shape index (κ3) is 7.53. The van der Waals surface area contributed by atoms with Crippen molar-refractivity contribution in [2.75, 3.05) is 0 Å². The quantitative estimate of drug-likeness (QED) is 0.539. The first-order valence-electron chi connectivity index (χ1n) is 3.33. The molecule has 1 nitrogen and oxygen atoms in total. The first kappa shape index (κ1) is 14.0. The summed E-state index contributed by atoms with van der Waals surface area (Å²) in [5.41, 5.74) is 0. The van der Waals surface area contributed by atoms with Gasteiger partial charge in [0.1, 0.15) is 0 Å². The van der Waals surface area contributed by atoms with Gasteiger partial charge in [-0.25, -0.2) is 0 Å². The molecule has 0 amide bonds. The molecule has 60 valence electrons. The van der Waals surface area contributed by atoms with Crippen molar-refractivity contribution in [1.29, 1.82) is 0 Å². The molecule has 0 saturated heterocycles. The summed E-state index contributed by atoms with van der Waals surface area (Å²) in [6, 6.07) is 0. The summed E-state index contributed by atoms with van der Waals surface area (Å²) in [4.78, 5) is 0. The molecule has 0 bridgehead atoms. The van der Waals surface area contributed by atoms with Gasteiger partial charge < -0.3 is 7.59 Å². The first-order valence-corrected chi connectivity index (χ1v) is 7.22. The Balaban J connectivity index is -0.000000107. The van der Waals surface area contributed by atoms with Crippen LogP contribution in [0.3, 0.4) is 0 Å². The van der Waals surface area contributed by atoms with Gasteiger partial charge in [-0.1, -0.05) is 29.0 Å². The summed E-state index contributed by atoms with van der Waals surface area (Å²) in [7, 11) is -0.626. The molecule has 0 spiro atoms. The zero-order valence-electron chi connectivity index (χ0n) is 9.23. The van der Waals surface area contributed by atoms with Gasteiger partial charge in [0, 0.05) is 0 Å². The van der Waals surface area contributed by atoms with Gasteiger partial charge in [-0.15, -0.1) is 0 Å². The second kappa shape index (κ2) is 7.09. The molecule has 1 atom stereocenters. The third-order valence-corrected chi connectivity index (χ3v) is 5.52. The fourth-order valence-corrected chi connectivity index (χ4v) is 1.48. The van der Waals surface area contributed by atoms with Crippen LogP contribution in [-0.4, -0.2) is 42.6 Å². The Morgan fingerprint density at radius 1 is 1.40 bits per heavy atom. The van der Waals surface area contributed by atoms with Crippen LogP contribution in [0.25, 0.3) is 0 Å². The Kier molecular flexibility index (Phi) is 9.91. The van der Waals surface area contributed by atoms with Gasteiger partial charge in [-0.05, 0) is 13.8 Å². The Labute approximate surface area is 92.8 Å². The maximum Gasteiger partial charge on any atom is 2.00 e. The van der Waals surface area contributed by atoms with Crippen molar-refractivity contribution < 1.29 is 7.59 Å². The Morgan fingerprint density at radius 2 is 1.80 bits per heavy atom. The van der Waals surface area contributed by atoms with Crippen molar-refractivity contribution in [1.82, 2.24) is 0 Å². The van der Waals surface area contributed by atoms with Crippen molar-refractivity contribution in [3.8, 4) is 0 Å². The average molecular weight is 237 g/mol. The molecule has 4 heteroatoms. The molecular formula is C6H17BrMgOSi. The minimum atomic E-state index is -0.626. The zero-order chi connectivity index (χ0) is 7.44. The number of halogens is 1. The van der Waals surface area contributed by atoms with Crippen LogP contribution in [0.5, 0.6) is 0 Å². The summed E-state index contributed by atoms with van der Waals surface area (Å²) in [5, 5.41) is 0. The van der Waals surface area contributed by atoms with E-state index in [4.69, 9.17) is 4.74 Å². The SMILES string of the molecule is CC(C)OC(Br)[SiH](C)C.[H-].[H-].[Mg+2]. The molecule has 0 aromatic carbocycles. The van der Waals surface area contributed by atoms with E-state index in [0.717, 1.165) is 0 Å². The fraction of sp³-hybridized carbons (Fsp3) is 1.00. The van der Waals surface area contributed by atoms with Crippen LogP contribution >= 0.6 is 15.9 Å². The van der Waals surface area contributed by atoms with Crippen molar-refractivity contribution in [3.05, 3.63) is 0 Å². The maximum atomic E-state index is 5.49. The summed E-state index contributed by atoms with van der Waals surface area (Å²) >= 11 is 3.48. The molecule has 0 aliphatic carbocycles. The smallest absolute Gasteiger partial charge is 1.00 e. The predicted octanol–water partition coefficient (Wildman–Crippen LogP) is 2.00. The number of rotatable bonds is 3. The number of alkyl halides is 1. The van der Waals surface area contributed by atoms with Crippen LogP contribution in [0.1, 0.15) is 16.7 Å². The van der Waals surface area contributed by atoms with Crippen LogP contribution in [0.2, 0.25) is 13.1 Å². The second-order valence-corrected chi connectivity index (χ2v) is 7.75. The van der Waals surface area contributed by atoms with Crippen molar-refractivity contribution in [3.63, 3.8) is 0 Å². The summed E-state index contributed by atoms with van der Waals surface area (Å²) in [6.07, 6.45) is 0.351. The van der Waals surface area contributed by atoms with Crippen LogP contribution in [0, 0.1) is 0 Å². The van der Waals surface area contributed by atoms with Gasteiger partial charge in [0.15, 0.2) is 0 Å². The molecule has 0 fully saturated rings. The molecule has 0 heterocycles. The van der Waals surface area contributed by atoms with Gasteiger partial charge in [0.05, 0.1) is 19.5 Å².